The van der Waals surface area contributed by atoms with E-state index in [4.69, 9.17) is 0 Å². The molecule has 1 aliphatic heterocycles. The second-order valence-corrected chi connectivity index (χ2v) is 6.78. The molecular weight excluding hydrogens is 375 g/mol. The number of hydrogen-bond acceptors (Lipinski definition) is 3. The molecule has 4 rings (SSSR count). The summed E-state index contributed by atoms with van der Waals surface area (Å²) in [6.45, 7) is 0.109. The average Bonchev–Trinajstić information content (AvgIpc) is 2.65. The Morgan fingerprint density at radius 1 is 1.11 bits per heavy atom. The Hall–Kier alpha value is -3.29. The van der Waals surface area contributed by atoms with Crippen molar-refractivity contribution < 1.29 is 28.2 Å². The van der Waals surface area contributed by atoms with Crippen molar-refractivity contribution in [2.75, 3.05) is 0 Å². The van der Waals surface area contributed by atoms with Crippen LogP contribution in [0, 0.1) is 0 Å². The van der Waals surface area contributed by atoms with Crippen LogP contribution in [-0.4, -0.2) is 20.7 Å². The molecule has 1 unspecified atom stereocenters. The zero-order chi connectivity index (χ0) is 20.2. The molecule has 0 radical (unpaired) electrons. The van der Waals surface area contributed by atoms with Crippen LogP contribution in [0.15, 0.2) is 47.3 Å². The molecular formula is C20H14F3NO4. The van der Waals surface area contributed by atoms with Gasteiger partial charge < -0.3 is 14.8 Å². The van der Waals surface area contributed by atoms with E-state index in [1.165, 1.54) is 22.8 Å². The topological polar surface area (TPSA) is 79.5 Å². The van der Waals surface area contributed by atoms with Gasteiger partial charge in [-0.25, -0.2) is 4.79 Å². The number of alkyl halides is 3. The Balaban J connectivity index is 1.85. The molecule has 5 nitrogen and oxygen atoms in total. The van der Waals surface area contributed by atoms with Gasteiger partial charge in [0.2, 0.25) is 0 Å². The number of carboxylic acids is 1. The summed E-state index contributed by atoms with van der Waals surface area (Å²) in [5, 5.41) is 19.8. The van der Waals surface area contributed by atoms with Crippen LogP contribution in [0.5, 0.6) is 5.75 Å². The number of aromatic hydroxyl groups is 1. The largest absolute Gasteiger partial charge is 0.506 e. The third kappa shape index (κ3) is 2.72. The van der Waals surface area contributed by atoms with Crippen molar-refractivity contribution in [1.82, 2.24) is 4.57 Å². The molecule has 2 N–H and O–H groups in total. The molecule has 2 aromatic carbocycles. The lowest BCUT2D eigenvalue weighted by atomic mass is 9.87. The predicted octanol–water partition coefficient (Wildman–Crippen LogP) is 3.76. The first-order chi connectivity index (χ1) is 13.2. The molecule has 1 atom stereocenters. The highest BCUT2D eigenvalue weighted by molar-refractivity contribution is 5.99. The van der Waals surface area contributed by atoms with Crippen molar-refractivity contribution in [2.24, 2.45) is 0 Å². The van der Waals surface area contributed by atoms with E-state index in [0.29, 0.717) is 17.5 Å². The molecule has 0 spiro atoms. The minimum atomic E-state index is -4.44. The Bertz CT molecular complexity index is 1160. The number of halogens is 3. The second-order valence-electron chi connectivity index (χ2n) is 6.78. The molecule has 0 fully saturated rings. The van der Waals surface area contributed by atoms with Crippen LogP contribution in [0.4, 0.5) is 13.2 Å². The van der Waals surface area contributed by atoms with E-state index in [0.717, 1.165) is 17.7 Å². The molecule has 1 aliphatic rings. The number of nitrogens with zero attached hydrogens (tertiary/aromatic N) is 1. The summed E-state index contributed by atoms with van der Waals surface area (Å²) in [4.78, 5) is 24.2. The zero-order valence-corrected chi connectivity index (χ0v) is 14.3. The van der Waals surface area contributed by atoms with Gasteiger partial charge >= 0.3 is 12.1 Å². The maximum atomic E-state index is 12.8. The normalized spacial score (nSPS) is 16.3. The van der Waals surface area contributed by atoms with Gasteiger partial charge in [0.15, 0.2) is 5.56 Å². The number of carbonyl (C=O) groups is 1. The van der Waals surface area contributed by atoms with Crippen LogP contribution < -0.4 is 5.56 Å². The molecule has 0 amide bonds. The first-order valence-corrected chi connectivity index (χ1v) is 8.46. The van der Waals surface area contributed by atoms with Gasteiger partial charge in [0.25, 0.3) is 5.56 Å². The minimum Gasteiger partial charge on any atom is -0.506 e. The molecule has 28 heavy (non-hydrogen) atoms. The first-order valence-electron chi connectivity index (χ1n) is 8.46. The molecule has 1 aromatic heterocycles. The van der Waals surface area contributed by atoms with Gasteiger partial charge in [-0.2, -0.15) is 13.2 Å². The smallest absolute Gasteiger partial charge is 0.416 e. The lowest BCUT2D eigenvalue weighted by molar-refractivity contribution is -0.137. The first kappa shape index (κ1) is 18.1. The summed E-state index contributed by atoms with van der Waals surface area (Å²) in [5.41, 5.74) is -0.507. The fourth-order valence-electron chi connectivity index (χ4n) is 3.82. The monoisotopic (exact) mass is 389 g/mol. The summed E-state index contributed by atoms with van der Waals surface area (Å²) in [6.07, 6.45) is -3.98. The summed E-state index contributed by atoms with van der Waals surface area (Å²) >= 11 is 0. The minimum absolute atomic E-state index is 0.109. The third-order valence-electron chi connectivity index (χ3n) is 5.13. The van der Waals surface area contributed by atoms with Gasteiger partial charge in [0.1, 0.15) is 5.75 Å². The van der Waals surface area contributed by atoms with Crippen molar-refractivity contribution in [3.8, 4) is 5.75 Å². The fraction of sp³-hybridized carbons (Fsp3) is 0.200. The highest BCUT2D eigenvalue weighted by atomic mass is 19.4. The van der Waals surface area contributed by atoms with E-state index >= 15 is 0 Å². The molecule has 0 bridgehead atoms. The van der Waals surface area contributed by atoms with Crippen LogP contribution in [-0.2, 0) is 19.1 Å². The molecule has 0 aliphatic carbocycles. The Morgan fingerprint density at radius 3 is 2.39 bits per heavy atom. The number of rotatable bonds is 2. The van der Waals surface area contributed by atoms with Gasteiger partial charge in [-0.15, -0.1) is 0 Å². The third-order valence-corrected chi connectivity index (χ3v) is 5.13. The number of aromatic carboxylic acids is 1. The van der Waals surface area contributed by atoms with E-state index in [1.807, 2.05) is 0 Å². The van der Waals surface area contributed by atoms with Crippen LogP contribution >= 0.6 is 0 Å². The molecule has 144 valence electrons. The quantitative estimate of drug-likeness (QED) is 0.699. The van der Waals surface area contributed by atoms with E-state index in [-0.39, 0.29) is 17.8 Å². The van der Waals surface area contributed by atoms with Gasteiger partial charge in [0, 0.05) is 17.8 Å². The number of carboxylic acid groups (broad SMARTS) is 1. The van der Waals surface area contributed by atoms with Crippen molar-refractivity contribution in [3.05, 3.63) is 75.1 Å². The van der Waals surface area contributed by atoms with Crippen molar-refractivity contribution in [1.29, 1.82) is 0 Å². The van der Waals surface area contributed by atoms with Crippen molar-refractivity contribution >= 4 is 16.9 Å². The van der Waals surface area contributed by atoms with Crippen LogP contribution in [0.25, 0.3) is 10.9 Å². The predicted molar refractivity (Wildman–Crippen MR) is 94.7 cm³/mol. The highest BCUT2D eigenvalue weighted by Crippen LogP contribution is 2.37. The van der Waals surface area contributed by atoms with Gasteiger partial charge in [-0.3, -0.25) is 4.79 Å². The average molecular weight is 389 g/mol. The number of para-hydroxylation sites is 1. The maximum Gasteiger partial charge on any atom is 0.416 e. The molecule has 0 saturated carbocycles. The van der Waals surface area contributed by atoms with Crippen LogP contribution in [0.1, 0.15) is 33.0 Å². The summed E-state index contributed by atoms with van der Waals surface area (Å²) in [7, 11) is 0. The molecule has 2 heterocycles. The lowest BCUT2D eigenvalue weighted by Crippen LogP contribution is -2.32. The van der Waals surface area contributed by atoms with Crippen LogP contribution in [0.2, 0.25) is 0 Å². The Labute approximate surface area is 156 Å². The number of aromatic nitrogens is 1. The SMILES string of the molecule is O=C(O)c1c(O)c2cccc3c2n(c1=O)CC(c1ccc(C(F)(F)F)cc1)C3. The van der Waals surface area contributed by atoms with Gasteiger partial charge in [-0.1, -0.05) is 24.3 Å². The van der Waals surface area contributed by atoms with Crippen molar-refractivity contribution in [2.45, 2.75) is 25.1 Å². The Morgan fingerprint density at radius 2 is 1.79 bits per heavy atom. The summed E-state index contributed by atoms with van der Waals surface area (Å²) in [6, 6.07) is 9.68. The second kappa shape index (κ2) is 6.12. The molecule has 3 aromatic rings. The lowest BCUT2D eigenvalue weighted by Gasteiger charge is -2.28. The fourth-order valence-corrected chi connectivity index (χ4v) is 3.82. The van der Waals surface area contributed by atoms with E-state index in [2.05, 4.69) is 0 Å². The highest BCUT2D eigenvalue weighted by Gasteiger charge is 2.32. The summed E-state index contributed by atoms with van der Waals surface area (Å²) < 4.78 is 39.7. The molecule has 8 heteroatoms. The van der Waals surface area contributed by atoms with Gasteiger partial charge in [0.05, 0.1) is 11.1 Å². The van der Waals surface area contributed by atoms with Crippen LogP contribution in [0.3, 0.4) is 0 Å². The number of benzene rings is 2. The zero-order valence-electron chi connectivity index (χ0n) is 14.3. The van der Waals surface area contributed by atoms with E-state index in [9.17, 15) is 33.0 Å². The number of hydrogen-bond donors (Lipinski definition) is 2. The van der Waals surface area contributed by atoms with Gasteiger partial charge in [-0.05, 0) is 35.7 Å². The summed E-state index contributed by atoms with van der Waals surface area (Å²) in [5.74, 6) is -2.40. The van der Waals surface area contributed by atoms with E-state index < -0.39 is 34.6 Å². The van der Waals surface area contributed by atoms with Crippen molar-refractivity contribution in [3.63, 3.8) is 0 Å². The maximum absolute atomic E-state index is 12.8. The molecule has 0 saturated heterocycles. The Kier molecular flexibility index (Phi) is 3.95. The standard InChI is InChI=1S/C20H14F3NO4/c21-20(22,23)13-6-4-10(5-7-13)12-8-11-2-1-3-14-16(11)24(9-12)18(26)15(17(14)25)19(27)28/h1-7,12,25H,8-9H2,(H,27,28). The number of pyridine rings is 1. The van der Waals surface area contributed by atoms with E-state index in [1.54, 1.807) is 12.1 Å².